The van der Waals surface area contributed by atoms with E-state index < -0.39 is 0 Å². The second-order valence-electron chi connectivity index (χ2n) is 4.21. The van der Waals surface area contributed by atoms with Crippen molar-refractivity contribution in [1.29, 1.82) is 0 Å². The minimum atomic E-state index is -0.0527. The summed E-state index contributed by atoms with van der Waals surface area (Å²) >= 11 is 5.92. The van der Waals surface area contributed by atoms with Gasteiger partial charge in [0.25, 0.3) is 0 Å². The van der Waals surface area contributed by atoms with Crippen molar-refractivity contribution in [3.8, 4) is 0 Å². The van der Waals surface area contributed by atoms with Crippen LogP contribution in [0.3, 0.4) is 0 Å². The number of aromatic nitrogens is 1. The number of halogens is 1. The van der Waals surface area contributed by atoms with Crippen molar-refractivity contribution in [3.05, 3.63) is 22.8 Å². The Morgan fingerprint density at radius 1 is 1.53 bits per heavy atom. The molecule has 1 fully saturated rings. The fraction of sp³-hybridized carbons (Fsp3) is 0.583. The largest absolute Gasteiger partial charge is 0.392 e. The van der Waals surface area contributed by atoms with Crippen LogP contribution in [-0.2, 0) is 11.3 Å². The van der Waals surface area contributed by atoms with Crippen molar-refractivity contribution >= 4 is 17.4 Å². The Balaban J connectivity index is 2.08. The van der Waals surface area contributed by atoms with Crippen LogP contribution in [0, 0.1) is 0 Å². The molecule has 1 aromatic rings. The molecule has 94 valence electrons. The molecule has 5 heteroatoms. The maximum absolute atomic E-state index is 9.17. The van der Waals surface area contributed by atoms with Gasteiger partial charge in [0.05, 0.1) is 17.7 Å². The summed E-state index contributed by atoms with van der Waals surface area (Å²) in [6.45, 7) is 1.80. The van der Waals surface area contributed by atoms with Crippen LogP contribution in [0.15, 0.2) is 12.3 Å². The molecule has 1 aromatic heterocycles. The molecule has 2 rings (SSSR count). The van der Waals surface area contributed by atoms with Crippen molar-refractivity contribution < 1.29 is 9.84 Å². The molecule has 0 amide bonds. The van der Waals surface area contributed by atoms with Crippen LogP contribution < -0.4 is 4.90 Å². The SMILES string of the molecule is COC1CCN(c2cc(CO)c(Cl)cn2)CC1. The van der Waals surface area contributed by atoms with E-state index in [1.54, 1.807) is 13.3 Å². The Hall–Kier alpha value is -0.840. The molecule has 0 radical (unpaired) electrons. The molecule has 1 aliphatic rings. The third-order valence-corrected chi connectivity index (χ3v) is 3.53. The molecule has 1 N–H and O–H groups in total. The number of nitrogens with zero attached hydrogens (tertiary/aromatic N) is 2. The number of ether oxygens (including phenoxy) is 1. The number of anilines is 1. The van der Waals surface area contributed by atoms with Crippen LogP contribution in [0.5, 0.6) is 0 Å². The van der Waals surface area contributed by atoms with E-state index in [0.717, 1.165) is 37.3 Å². The van der Waals surface area contributed by atoms with E-state index in [0.29, 0.717) is 11.1 Å². The van der Waals surface area contributed by atoms with E-state index in [-0.39, 0.29) is 6.61 Å². The first-order valence-electron chi connectivity index (χ1n) is 5.77. The normalized spacial score (nSPS) is 17.5. The highest BCUT2D eigenvalue weighted by molar-refractivity contribution is 6.31. The Bertz CT molecular complexity index is 379. The third-order valence-electron chi connectivity index (χ3n) is 3.19. The van der Waals surface area contributed by atoms with E-state index in [2.05, 4.69) is 9.88 Å². The highest BCUT2D eigenvalue weighted by Gasteiger charge is 2.20. The van der Waals surface area contributed by atoms with Gasteiger partial charge in [-0.1, -0.05) is 11.6 Å². The molecule has 0 unspecified atom stereocenters. The molecule has 0 aliphatic carbocycles. The maximum atomic E-state index is 9.17. The molecule has 0 aromatic carbocycles. The highest BCUT2D eigenvalue weighted by atomic mass is 35.5. The van der Waals surface area contributed by atoms with Gasteiger partial charge in [-0.15, -0.1) is 0 Å². The second-order valence-corrected chi connectivity index (χ2v) is 4.62. The van der Waals surface area contributed by atoms with Crippen LogP contribution in [0.2, 0.25) is 5.02 Å². The van der Waals surface area contributed by atoms with Gasteiger partial charge in [0.1, 0.15) is 5.82 Å². The van der Waals surface area contributed by atoms with Gasteiger partial charge in [0, 0.05) is 32.0 Å². The van der Waals surface area contributed by atoms with Crippen LogP contribution in [0.25, 0.3) is 0 Å². The van der Waals surface area contributed by atoms with E-state index in [1.165, 1.54) is 0 Å². The van der Waals surface area contributed by atoms with Gasteiger partial charge in [-0.25, -0.2) is 4.98 Å². The summed E-state index contributed by atoms with van der Waals surface area (Å²) in [5, 5.41) is 9.69. The van der Waals surface area contributed by atoms with Gasteiger partial charge in [-0.2, -0.15) is 0 Å². The average Bonchev–Trinajstić information content (AvgIpc) is 2.39. The number of aliphatic hydroxyl groups is 1. The third kappa shape index (κ3) is 2.89. The fourth-order valence-electron chi connectivity index (χ4n) is 2.08. The number of rotatable bonds is 3. The number of piperidine rings is 1. The predicted octanol–water partition coefficient (Wildman–Crippen LogP) is 1.84. The van der Waals surface area contributed by atoms with Gasteiger partial charge in [-0.05, 0) is 18.9 Å². The standard InChI is InChI=1S/C12H17ClN2O2/c1-17-10-2-4-15(5-3-10)12-6-9(8-16)11(13)7-14-12/h6-7,10,16H,2-5,8H2,1H3. The molecular weight excluding hydrogens is 240 g/mol. The van der Waals surface area contributed by atoms with E-state index in [4.69, 9.17) is 16.3 Å². The van der Waals surface area contributed by atoms with Crippen LogP contribution in [0.4, 0.5) is 5.82 Å². The molecule has 4 nitrogen and oxygen atoms in total. The van der Waals surface area contributed by atoms with Gasteiger partial charge in [-0.3, -0.25) is 0 Å². The quantitative estimate of drug-likeness (QED) is 0.897. The van der Waals surface area contributed by atoms with E-state index >= 15 is 0 Å². The van der Waals surface area contributed by atoms with Gasteiger partial charge < -0.3 is 14.7 Å². The summed E-state index contributed by atoms with van der Waals surface area (Å²) in [7, 11) is 1.75. The molecule has 0 spiro atoms. The van der Waals surface area contributed by atoms with Crippen molar-refractivity contribution in [1.82, 2.24) is 4.98 Å². The summed E-state index contributed by atoms with van der Waals surface area (Å²) in [5.74, 6) is 0.882. The lowest BCUT2D eigenvalue weighted by Gasteiger charge is -2.32. The fourth-order valence-corrected chi connectivity index (χ4v) is 2.25. The van der Waals surface area contributed by atoms with Crippen molar-refractivity contribution in [2.24, 2.45) is 0 Å². The van der Waals surface area contributed by atoms with Crippen molar-refractivity contribution in [2.75, 3.05) is 25.1 Å². The molecule has 0 atom stereocenters. The lowest BCUT2D eigenvalue weighted by atomic mass is 10.1. The topological polar surface area (TPSA) is 45.6 Å². The summed E-state index contributed by atoms with van der Waals surface area (Å²) in [5.41, 5.74) is 0.727. The molecule has 0 saturated carbocycles. The molecule has 0 bridgehead atoms. The smallest absolute Gasteiger partial charge is 0.128 e. The Kier molecular flexibility index (Phi) is 4.20. The first-order chi connectivity index (χ1) is 8.24. The lowest BCUT2D eigenvalue weighted by molar-refractivity contribution is 0.0818. The van der Waals surface area contributed by atoms with E-state index in [9.17, 15) is 5.11 Å². The summed E-state index contributed by atoms with van der Waals surface area (Å²) in [6, 6.07) is 1.86. The zero-order valence-electron chi connectivity index (χ0n) is 9.90. The number of hydrogen-bond donors (Lipinski definition) is 1. The second kappa shape index (κ2) is 5.67. The number of hydrogen-bond acceptors (Lipinski definition) is 4. The predicted molar refractivity (Wildman–Crippen MR) is 67.4 cm³/mol. The minimum Gasteiger partial charge on any atom is -0.392 e. The van der Waals surface area contributed by atoms with Crippen LogP contribution in [0.1, 0.15) is 18.4 Å². The number of methoxy groups -OCH3 is 1. The zero-order chi connectivity index (χ0) is 12.3. The van der Waals surface area contributed by atoms with Crippen LogP contribution in [-0.4, -0.2) is 36.4 Å². The maximum Gasteiger partial charge on any atom is 0.128 e. The molecule has 1 aliphatic heterocycles. The van der Waals surface area contributed by atoms with Gasteiger partial charge in [0.15, 0.2) is 0 Å². The van der Waals surface area contributed by atoms with Crippen molar-refractivity contribution in [2.45, 2.75) is 25.6 Å². The summed E-state index contributed by atoms with van der Waals surface area (Å²) in [6.07, 6.45) is 3.98. The summed E-state index contributed by atoms with van der Waals surface area (Å²) < 4.78 is 5.33. The molecule has 2 heterocycles. The molecule has 17 heavy (non-hydrogen) atoms. The minimum absolute atomic E-state index is 0.0527. The lowest BCUT2D eigenvalue weighted by Crippen LogP contribution is -2.37. The number of pyridine rings is 1. The average molecular weight is 257 g/mol. The van der Waals surface area contributed by atoms with E-state index in [1.807, 2.05) is 6.07 Å². The first kappa shape index (κ1) is 12.6. The van der Waals surface area contributed by atoms with Gasteiger partial charge >= 0.3 is 0 Å². The van der Waals surface area contributed by atoms with Crippen LogP contribution >= 0.6 is 11.6 Å². The summed E-state index contributed by atoms with van der Waals surface area (Å²) in [4.78, 5) is 6.50. The molecule has 1 saturated heterocycles. The zero-order valence-corrected chi connectivity index (χ0v) is 10.7. The molecular formula is C12H17ClN2O2. The highest BCUT2D eigenvalue weighted by Crippen LogP contribution is 2.23. The number of aliphatic hydroxyl groups excluding tert-OH is 1. The van der Waals surface area contributed by atoms with Crippen molar-refractivity contribution in [3.63, 3.8) is 0 Å². The monoisotopic (exact) mass is 256 g/mol. The Morgan fingerprint density at radius 2 is 2.24 bits per heavy atom. The Labute approximate surface area is 106 Å². The Morgan fingerprint density at radius 3 is 2.82 bits per heavy atom. The first-order valence-corrected chi connectivity index (χ1v) is 6.15. The van der Waals surface area contributed by atoms with Gasteiger partial charge in [0.2, 0.25) is 0 Å².